The van der Waals surface area contributed by atoms with Crippen LogP contribution in [0, 0.1) is 0 Å². The lowest BCUT2D eigenvalue weighted by molar-refractivity contribution is 0.0647. The van der Waals surface area contributed by atoms with Crippen molar-refractivity contribution in [2.24, 2.45) is 0 Å². The van der Waals surface area contributed by atoms with Crippen LogP contribution in [0.25, 0.3) is 6.08 Å². The van der Waals surface area contributed by atoms with E-state index in [0.717, 1.165) is 24.1 Å². The third-order valence-corrected chi connectivity index (χ3v) is 4.82. The average Bonchev–Trinajstić information content (AvgIpc) is 2.65. The molecule has 0 bridgehead atoms. The van der Waals surface area contributed by atoms with E-state index in [1.807, 2.05) is 18.2 Å². The Morgan fingerprint density at radius 3 is 2.52 bits per heavy atom. The van der Waals surface area contributed by atoms with Crippen molar-refractivity contribution in [1.82, 2.24) is 9.80 Å². The molecule has 1 N–H and O–H groups in total. The minimum atomic E-state index is -0.113. The molecule has 0 aromatic heterocycles. The van der Waals surface area contributed by atoms with Crippen LogP contribution in [0.3, 0.4) is 0 Å². The molecule has 0 saturated carbocycles. The third-order valence-electron chi connectivity index (χ3n) is 4.32. The van der Waals surface area contributed by atoms with Gasteiger partial charge in [0.25, 0.3) is 5.91 Å². The first-order valence-electron chi connectivity index (χ1n) is 8.35. The maximum atomic E-state index is 12.6. The maximum absolute atomic E-state index is 12.6. The van der Waals surface area contributed by atoms with Crippen molar-refractivity contribution in [1.29, 1.82) is 0 Å². The number of halogens is 1. The molecule has 3 rings (SSSR count). The molecule has 2 aromatic carbocycles. The van der Waals surface area contributed by atoms with Gasteiger partial charge in [-0.15, -0.1) is 0 Å². The molecule has 0 unspecified atom stereocenters. The van der Waals surface area contributed by atoms with Crippen molar-refractivity contribution in [2.45, 2.75) is 0 Å². The molecule has 130 valence electrons. The van der Waals surface area contributed by atoms with Gasteiger partial charge in [0, 0.05) is 37.2 Å². The molecule has 2 aromatic rings. The van der Waals surface area contributed by atoms with Crippen LogP contribution in [-0.4, -0.2) is 53.5 Å². The van der Waals surface area contributed by atoms with E-state index in [1.54, 1.807) is 23.1 Å². The predicted octanol–water partition coefficient (Wildman–Crippen LogP) is 3.63. The van der Waals surface area contributed by atoms with Crippen molar-refractivity contribution in [2.75, 3.05) is 32.7 Å². The van der Waals surface area contributed by atoms with Gasteiger partial charge in [-0.3, -0.25) is 9.69 Å². The van der Waals surface area contributed by atoms with Crippen LogP contribution < -0.4 is 0 Å². The summed E-state index contributed by atoms with van der Waals surface area (Å²) < 4.78 is 0.790. The Hall–Kier alpha value is -2.11. The van der Waals surface area contributed by atoms with Crippen LogP contribution in [0.5, 0.6) is 5.75 Å². The summed E-state index contributed by atoms with van der Waals surface area (Å²) in [7, 11) is 0. The Morgan fingerprint density at radius 1 is 1.08 bits per heavy atom. The Labute approximate surface area is 156 Å². The maximum Gasteiger partial charge on any atom is 0.257 e. The standard InChI is InChI=1S/C20H21BrN2O2/c21-17-8-9-19(24)18(15-17)20(25)23-13-11-22(12-14-23)10-4-7-16-5-2-1-3-6-16/h1-9,15,24H,10-14H2/b7-4+. The van der Waals surface area contributed by atoms with E-state index in [1.165, 1.54) is 5.56 Å². The van der Waals surface area contributed by atoms with E-state index in [9.17, 15) is 9.90 Å². The van der Waals surface area contributed by atoms with Crippen molar-refractivity contribution < 1.29 is 9.90 Å². The molecule has 1 fully saturated rings. The molecule has 1 aliphatic rings. The number of rotatable bonds is 4. The number of carbonyl (C=O) groups is 1. The zero-order chi connectivity index (χ0) is 17.6. The summed E-state index contributed by atoms with van der Waals surface area (Å²) in [5.41, 5.74) is 1.55. The first-order chi connectivity index (χ1) is 12.1. The lowest BCUT2D eigenvalue weighted by atomic mass is 10.1. The number of hydrogen-bond acceptors (Lipinski definition) is 3. The molecule has 5 heteroatoms. The largest absolute Gasteiger partial charge is 0.507 e. The zero-order valence-electron chi connectivity index (χ0n) is 13.9. The Morgan fingerprint density at radius 2 is 1.80 bits per heavy atom. The van der Waals surface area contributed by atoms with Gasteiger partial charge in [0.15, 0.2) is 0 Å². The topological polar surface area (TPSA) is 43.8 Å². The van der Waals surface area contributed by atoms with Crippen LogP contribution in [0.4, 0.5) is 0 Å². The van der Waals surface area contributed by atoms with Crippen molar-refractivity contribution in [3.8, 4) is 5.75 Å². The number of hydrogen-bond donors (Lipinski definition) is 1. The van der Waals surface area contributed by atoms with E-state index in [4.69, 9.17) is 0 Å². The monoisotopic (exact) mass is 400 g/mol. The average molecular weight is 401 g/mol. The van der Waals surface area contributed by atoms with Crippen LogP contribution in [0.2, 0.25) is 0 Å². The second-order valence-electron chi connectivity index (χ2n) is 6.07. The molecular weight excluding hydrogens is 380 g/mol. The second kappa shape index (κ2) is 8.32. The molecule has 0 radical (unpaired) electrons. The van der Waals surface area contributed by atoms with E-state index in [2.05, 4.69) is 45.1 Å². The number of carbonyl (C=O) groups excluding carboxylic acids is 1. The summed E-state index contributed by atoms with van der Waals surface area (Å²) in [6, 6.07) is 15.2. The number of aromatic hydroxyl groups is 1. The van der Waals surface area contributed by atoms with E-state index >= 15 is 0 Å². The minimum absolute atomic E-state index is 0.0291. The molecule has 1 amide bonds. The highest BCUT2D eigenvalue weighted by atomic mass is 79.9. The summed E-state index contributed by atoms with van der Waals surface area (Å²) in [5.74, 6) is -0.0836. The van der Waals surface area contributed by atoms with Gasteiger partial charge in [0.05, 0.1) is 5.56 Å². The molecule has 0 spiro atoms. The normalized spacial score (nSPS) is 15.6. The fraction of sp³-hybridized carbons (Fsp3) is 0.250. The van der Waals surface area contributed by atoms with Gasteiger partial charge in [0.2, 0.25) is 0 Å². The first-order valence-corrected chi connectivity index (χ1v) is 9.14. The summed E-state index contributed by atoms with van der Waals surface area (Å²) in [4.78, 5) is 16.7. The molecule has 4 nitrogen and oxygen atoms in total. The summed E-state index contributed by atoms with van der Waals surface area (Å²) in [6.45, 7) is 3.88. The number of amides is 1. The van der Waals surface area contributed by atoms with Crippen LogP contribution >= 0.6 is 15.9 Å². The quantitative estimate of drug-likeness (QED) is 0.851. The van der Waals surface area contributed by atoms with Gasteiger partial charge in [-0.05, 0) is 23.8 Å². The number of phenols is 1. The highest BCUT2D eigenvalue weighted by Crippen LogP contribution is 2.23. The zero-order valence-corrected chi connectivity index (χ0v) is 15.5. The lowest BCUT2D eigenvalue weighted by Crippen LogP contribution is -2.48. The van der Waals surface area contributed by atoms with Crippen molar-refractivity contribution >= 4 is 27.9 Å². The summed E-state index contributed by atoms with van der Waals surface area (Å²) in [5, 5.41) is 9.92. The Balaban J connectivity index is 1.52. The van der Waals surface area contributed by atoms with Gasteiger partial charge in [-0.1, -0.05) is 58.4 Å². The number of piperazine rings is 1. The van der Waals surface area contributed by atoms with Gasteiger partial charge in [-0.25, -0.2) is 0 Å². The number of phenolic OH excluding ortho intramolecular Hbond substituents is 1. The molecule has 1 heterocycles. The van der Waals surface area contributed by atoms with E-state index < -0.39 is 0 Å². The van der Waals surface area contributed by atoms with Gasteiger partial charge in [0.1, 0.15) is 5.75 Å². The Kier molecular flexibility index (Phi) is 5.89. The highest BCUT2D eigenvalue weighted by molar-refractivity contribution is 9.10. The van der Waals surface area contributed by atoms with E-state index in [0.29, 0.717) is 18.7 Å². The van der Waals surface area contributed by atoms with Crippen molar-refractivity contribution in [3.63, 3.8) is 0 Å². The first kappa shape index (κ1) is 17.7. The number of benzene rings is 2. The molecule has 1 aliphatic heterocycles. The van der Waals surface area contributed by atoms with Gasteiger partial charge in [-0.2, -0.15) is 0 Å². The van der Waals surface area contributed by atoms with E-state index in [-0.39, 0.29) is 11.7 Å². The lowest BCUT2D eigenvalue weighted by Gasteiger charge is -2.34. The Bertz CT molecular complexity index is 754. The van der Waals surface area contributed by atoms with Gasteiger partial charge >= 0.3 is 0 Å². The van der Waals surface area contributed by atoms with Crippen molar-refractivity contribution in [3.05, 3.63) is 70.2 Å². The molecular formula is C20H21BrN2O2. The summed E-state index contributed by atoms with van der Waals surface area (Å²) >= 11 is 3.35. The fourth-order valence-corrected chi connectivity index (χ4v) is 3.25. The minimum Gasteiger partial charge on any atom is -0.507 e. The van der Waals surface area contributed by atoms with Crippen LogP contribution in [0.15, 0.2) is 59.1 Å². The molecule has 0 aliphatic carbocycles. The fourth-order valence-electron chi connectivity index (χ4n) is 2.89. The number of nitrogens with zero attached hydrogens (tertiary/aromatic N) is 2. The van der Waals surface area contributed by atoms with Crippen LogP contribution in [0.1, 0.15) is 15.9 Å². The predicted molar refractivity (Wildman–Crippen MR) is 104 cm³/mol. The molecule has 1 saturated heterocycles. The van der Waals surface area contributed by atoms with Gasteiger partial charge < -0.3 is 10.0 Å². The SMILES string of the molecule is O=C(c1cc(Br)ccc1O)N1CCN(C/C=C/c2ccccc2)CC1. The summed E-state index contributed by atoms with van der Waals surface area (Å²) in [6.07, 6.45) is 4.28. The third kappa shape index (κ3) is 4.71. The smallest absolute Gasteiger partial charge is 0.257 e. The van der Waals surface area contributed by atoms with Crippen LogP contribution in [-0.2, 0) is 0 Å². The molecule has 0 atom stereocenters. The second-order valence-corrected chi connectivity index (χ2v) is 6.98. The highest BCUT2D eigenvalue weighted by Gasteiger charge is 2.23. The molecule has 25 heavy (non-hydrogen) atoms.